The Balaban J connectivity index is 1.92. The fourth-order valence-corrected chi connectivity index (χ4v) is 2.13. The van der Waals surface area contributed by atoms with Crippen molar-refractivity contribution in [3.8, 4) is 0 Å². The highest BCUT2D eigenvalue weighted by molar-refractivity contribution is 5.94. The highest BCUT2D eigenvalue weighted by Gasteiger charge is 2.22. The minimum absolute atomic E-state index is 0.137. The van der Waals surface area contributed by atoms with Gasteiger partial charge in [0.1, 0.15) is 6.04 Å². The Morgan fingerprint density at radius 1 is 1.15 bits per heavy atom. The van der Waals surface area contributed by atoms with Gasteiger partial charge in [0.25, 0.3) is 5.91 Å². The zero-order chi connectivity index (χ0) is 13.8. The molecule has 0 fully saturated rings. The number of H-pyrrole nitrogens is 1. The first kappa shape index (κ1) is 12.2. The van der Waals surface area contributed by atoms with Crippen LogP contribution in [0.25, 0.3) is 0 Å². The van der Waals surface area contributed by atoms with Crippen LogP contribution in [0, 0.1) is 0 Å². The van der Waals surface area contributed by atoms with E-state index >= 15 is 0 Å². The topological polar surface area (TPSA) is 62.7 Å². The number of amides is 1. The molecule has 0 radical (unpaired) electrons. The number of hydrogen-bond donors (Lipinski definition) is 2. The highest BCUT2D eigenvalue weighted by atomic mass is 16.2. The average Bonchev–Trinajstić information content (AvgIpc) is 3.14. The summed E-state index contributed by atoms with van der Waals surface area (Å²) >= 11 is 0. The van der Waals surface area contributed by atoms with Crippen molar-refractivity contribution in [1.82, 2.24) is 14.5 Å². The van der Waals surface area contributed by atoms with E-state index in [0.29, 0.717) is 5.95 Å². The van der Waals surface area contributed by atoms with Gasteiger partial charge in [-0.1, -0.05) is 30.3 Å². The van der Waals surface area contributed by atoms with E-state index in [9.17, 15) is 4.79 Å². The lowest BCUT2D eigenvalue weighted by Crippen LogP contribution is -2.26. The van der Waals surface area contributed by atoms with E-state index in [1.54, 1.807) is 12.4 Å². The SMILES string of the molecule is O=C(Nc1ncc[nH]1)C(c1ccccc1)n1cccc1. The number of anilines is 1. The smallest absolute Gasteiger partial charge is 0.254 e. The van der Waals surface area contributed by atoms with E-state index in [1.165, 1.54) is 0 Å². The van der Waals surface area contributed by atoms with E-state index < -0.39 is 6.04 Å². The van der Waals surface area contributed by atoms with Crippen LogP contribution in [-0.2, 0) is 4.79 Å². The van der Waals surface area contributed by atoms with Crippen molar-refractivity contribution in [3.05, 3.63) is 72.8 Å². The van der Waals surface area contributed by atoms with E-state index in [1.807, 2.05) is 59.4 Å². The fraction of sp³-hybridized carbons (Fsp3) is 0.0667. The third-order valence-electron chi connectivity index (χ3n) is 3.03. The number of nitrogens with zero attached hydrogens (tertiary/aromatic N) is 2. The first-order valence-electron chi connectivity index (χ1n) is 6.32. The number of aromatic amines is 1. The van der Waals surface area contributed by atoms with Crippen LogP contribution in [0.3, 0.4) is 0 Å². The number of nitrogens with one attached hydrogen (secondary N) is 2. The fourth-order valence-electron chi connectivity index (χ4n) is 2.13. The molecular weight excluding hydrogens is 252 g/mol. The van der Waals surface area contributed by atoms with Gasteiger partial charge in [-0.25, -0.2) is 4.98 Å². The van der Waals surface area contributed by atoms with Gasteiger partial charge in [-0.15, -0.1) is 0 Å². The van der Waals surface area contributed by atoms with Gasteiger partial charge in [-0.3, -0.25) is 10.1 Å². The number of imidazole rings is 1. The van der Waals surface area contributed by atoms with Gasteiger partial charge in [-0.2, -0.15) is 0 Å². The molecule has 0 saturated carbocycles. The standard InChI is InChI=1S/C15H14N4O/c20-14(18-15-16-8-9-17-15)13(19-10-4-5-11-19)12-6-2-1-3-7-12/h1-11,13H,(H2,16,17,18,20). The predicted molar refractivity (Wildman–Crippen MR) is 76.2 cm³/mol. The van der Waals surface area contributed by atoms with Crippen molar-refractivity contribution in [2.75, 3.05) is 5.32 Å². The lowest BCUT2D eigenvalue weighted by atomic mass is 10.1. The second-order valence-corrected chi connectivity index (χ2v) is 4.37. The van der Waals surface area contributed by atoms with Gasteiger partial charge >= 0.3 is 0 Å². The molecule has 3 aromatic rings. The van der Waals surface area contributed by atoms with Crippen molar-refractivity contribution in [1.29, 1.82) is 0 Å². The van der Waals surface area contributed by atoms with E-state index in [-0.39, 0.29) is 5.91 Å². The van der Waals surface area contributed by atoms with Crippen LogP contribution in [0.4, 0.5) is 5.95 Å². The molecule has 2 heterocycles. The summed E-state index contributed by atoms with van der Waals surface area (Å²) in [7, 11) is 0. The second kappa shape index (κ2) is 5.44. The summed E-state index contributed by atoms with van der Waals surface area (Å²) in [6.45, 7) is 0. The molecule has 20 heavy (non-hydrogen) atoms. The minimum atomic E-state index is -0.420. The zero-order valence-electron chi connectivity index (χ0n) is 10.7. The van der Waals surface area contributed by atoms with Gasteiger partial charge in [-0.05, 0) is 17.7 Å². The van der Waals surface area contributed by atoms with Crippen LogP contribution < -0.4 is 5.32 Å². The summed E-state index contributed by atoms with van der Waals surface area (Å²) in [6, 6.07) is 13.0. The number of carbonyl (C=O) groups is 1. The number of rotatable bonds is 4. The lowest BCUT2D eigenvalue weighted by molar-refractivity contribution is -0.118. The lowest BCUT2D eigenvalue weighted by Gasteiger charge is -2.18. The van der Waals surface area contributed by atoms with Crippen molar-refractivity contribution < 1.29 is 4.79 Å². The summed E-state index contributed by atoms with van der Waals surface area (Å²) in [6.07, 6.45) is 7.02. The summed E-state index contributed by atoms with van der Waals surface area (Å²) in [4.78, 5) is 19.4. The Bertz CT molecular complexity index is 659. The number of hydrogen-bond acceptors (Lipinski definition) is 2. The molecule has 2 N–H and O–H groups in total. The molecular formula is C15H14N4O. The van der Waals surface area contributed by atoms with Crippen molar-refractivity contribution in [2.45, 2.75) is 6.04 Å². The first-order chi connectivity index (χ1) is 9.84. The van der Waals surface area contributed by atoms with Crippen molar-refractivity contribution >= 4 is 11.9 Å². The Morgan fingerprint density at radius 2 is 1.90 bits per heavy atom. The molecule has 0 aliphatic carbocycles. The normalized spacial score (nSPS) is 12.0. The Kier molecular flexibility index (Phi) is 3.33. The van der Waals surface area contributed by atoms with E-state index in [2.05, 4.69) is 15.3 Å². The number of benzene rings is 1. The van der Waals surface area contributed by atoms with Crippen LogP contribution in [0.1, 0.15) is 11.6 Å². The molecule has 0 aliphatic heterocycles. The molecule has 3 rings (SSSR count). The van der Waals surface area contributed by atoms with Crippen LogP contribution in [0.15, 0.2) is 67.3 Å². The predicted octanol–water partition coefficient (Wildman–Crippen LogP) is 2.44. The van der Waals surface area contributed by atoms with E-state index in [4.69, 9.17) is 0 Å². The third kappa shape index (κ3) is 2.47. The molecule has 5 nitrogen and oxygen atoms in total. The average molecular weight is 266 g/mol. The molecule has 0 bridgehead atoms. The molecule has 5 heteroatoms. The third-order valence-corrected chi connectivity index (χ3v) is 3.03. The van der Waals surface area contributed by atoms with Gasteiger partial charge in [0.2, 0.25) is 5.95 Å². The van der Waals surface area contributed by atoms with E-state index in [0.717, 1.165) is 5.56 Å². The molecule has 1 amide bonds. The molecule has 1 atom stereocenters. The molecule has 2 aromatic heterocycles. The molecule has 1 unspecified atom stereocenters. The second-order valence-electron chi connectivity index (χ2n) is 4.37. The van der Waals surface area contributed by atoms with Gasteiger partial charge < -0.3 is 9.55 Å². The highest BCUT2D eigenvalue weighted by Crippen LogP contribution is 2.20. The van der Waals surface area contributed by atoms with Crippen LogP contribution in [0.2, 0.25) is 0 Å². The largest absolute Gasteiger partial charge is 0.338 e. The maximum Gasteiger partial charge on any atom is 0.254 e. The van der Waals surface area contributed by atoms with Crippen LogP contribution in [-0.4, -0.2) is 20.4 Å². The number of carbonyl (C=O) groups excluding carboxylic acids is 1. The molecule has 0 saturated heterocycles. The van der Waals surface area contributed by atoms with Gasteiger partial charge in [0, 0.05) is 24.8 Å². The summed E-state index contributed by atoms with van der Waals surface area (Å²) in [5, 5.41) is 2.78. The van der Waals surface area contributed by atoms with Gasteiger partial charge in [0.05, 0.1) is 0 Å². The van der Waals surface area contributed by atoms with Gasteiger partial charge in [0.15, 0.2) is 0 Å². The molecule has 0 spiro atoms. The zero-order valence-corrected chi connectivity index (χ0v) is 10.7. The minimum Gasteiger partial charge on any atom is -0.338 e. The Hall–Kier alpha value is -2.82. The maximum atomic E-state index is 12.5. The summed E-state index contributed by atoms with van der Waals surface area (Å²) in [5.41, 5.74) is 0.924. The maximum absolute atomic E-state index is 12.5. The van der Waals surface area contributed by atoms with Crippen LogP contribution >= 0.6 is 0 Å². The molecule has 0 aliphatic rings. The quantitative estimate of drug-likeness (QED) is 0.762. The molecule has 100 valence electrons. The first-order valence-corrected chi connectivity index (χ1v) is 6.32. The molecule has 1 aromatic carbocycles. The Labute approximate surface area is 116 Å². The van der Waals surface area contributed by atoms with Crippen molar-refractivity contribution in [2.24, 2.45) is 0 Å². The number of aromatic nitrogens is 3. The van der Waals surface area contributed by atoms with Crippen LogP contribution in [0.5, 0.6) is 0 Å². The van der Waals surface area contributed by atoms with Crippen molar-refractivity contribution in [3.63, 3.8) is 0 Å². The monoisotopic (exact) mass is 266 g/mol. The summed E-state index contributed by atoms with van der Waals surface area (Å²) < 4.78 is 1.87. The summed E-state index contributed by atoms with van der Waals surface area (Å²) in [5.74, 6) is 0.311. The Morgan fingerprint density at radius 3 is 2.55 bits per heavy atom.